The van der Waals surface area contributed by atoms with Crippen molar-refractivity contribution in [2.24, 2.45) is 0 Å². The number of ether oxygens (including phenoxy) is 1. The Morgan fingerprint density at radius 2 is 1.89 bits per heavy atom. The van der Waals surface area contributed by atoms with Crippen molar-refractivity contribution >= 4 is 12.0 Å². The SMILES string of the molecule is COC(=O)NCCCC(=O)NCc1ccccc1. The maximum atomic E-state index is 11.5. The van der Waals surface area contributed by atoms with Crippen molar-refractivity contribution in [2.45, 2.75) is 19.4 Å². The minimum atomic E-state index is -0.473. The average molecular weight is 250 g/mol. The second-order valence-corrected chi connectivity index (χ2v) is 3.78. The molecule has 18 heavy (non-hydrogen) atoms. The zero-order valence-corrected chi connectivity index (χ0v) is 10.4. The molecule has 0 aromatic heterocycles. The van der Waals surface area contributed by atoms with E-state index in [1.54, 1.807) is 0 Å². The summed E-state index contributed by atoms with van der Waals surface area (Å²) in [6.45, 7) is 0.968. The van der Waals surface area contributed by atoms with Crippen LogP contribution in [0, 0.1) is 0 Å². The van der Waals surface area contributed by atoms with E-state index in [2.05, 4.69) is 15.4 Å². The smallest absolute Gasteiger partial charge is 0.406 e. The third-order valence-corrected chi connectivity index (χ3v) is 2.37. The maximum absolute atomic E-state index is 11.5. The second kappa shape index (κ2) is 8.11. The fraction of sp³-hybridized carbons (Fsp3) is 0.385. The number of alkyl carbamates (subject to hydrolysis) is 1. The predicted octanol–water partition coefficient (Wildman–Crippen LogP) is 1.44. The molecule has 1 aromatic carbocycles. The first kappa shape index (κ1) is 14.0. The normalized spacial score (nSPS) is 9.61. The molecule has 0 aliphatic rings. The van der Waals surface area contributed by atoms with Crippen LogP contribution in [0.2, 0.25) is 0 Å². The monoisotopic (exact) mass is 250 g/mol. The van der Waals surface area contributed by atoms with Crippen molar-refractivity contribution < 1.29 is 14.3 Å². The second-order valence-electron chi connectivity index (χ2n) is 3.78. The maximum Gasteiger partial charge on any atom is 0.406 e. The van der Waals surface area contributed by atoms with Gasteiger partial charge in [0.1, 0.15) is 0 Å². The molecule has 2 amide bonds. The zero-order valence-electron chi connectivity index (χ0n) is 10.4. The number of methoxy groups -OCH3 is 1. The highest BCUT2D eigenvalue weighted by Gasteiger charge is 2.02. The highest BCUT2D eigenvalue weighted by molar-refractivity contribution is 5.75. The quantitative estimate of drug-likeness (QED) is 0.751. The summed E-state index contributed by atoms with van der Waals surface area (Å²) in [5.74, 6) is -0.0227. The van der Waals surface area contributed by atoms with Gasteiger partial charge in [-0.3, -0.25) is 4.79 Å². The molecule has 0 saturated carbocycles. The Morgan fingerprint density at radius 1 is 1.17 bits per heavy atom. The number of carbonyl (C=O) groups excluding carboxylic acids is 2. The third-order valence-electron chi connectivity index (χ3n) is 2.37. The lowest BCUT2D eigenvalue weighted by molar-refractivity contribution is -0.121. The Hall–Kier alpha value is -2.04. The van der Waals surface area contributed by atoms with Gasteiger partial charge in [0.25, 0.3) is 0 Å². The molecule has 1 rings (SSSR count). The van der Waals surface area contributed by atoms with Gasteiger partial charge in [-0.05, 0) is 12.0 Å². The molecule has 0 aliphatic carbocycles. The summed E-state index contributed by atoms with van der Waals surface area (Å²) in [7, 11) is 1.31. The molecule has 2 N–H and O–H groups in total. The molecule has 5 nitrogen and oxygen atoms in total. The number of amides is 2. The summed E-state index contributed by atoms with van der Waals surface area (Å²) in [4.78, 5) is 22.2. The minimum absolute atomic E-state index is 0.0227. The Morgan fingerprint density at radius 3 is 2.56 bits per heavy atom. The van der Waals surface area contributed by atoms with Crippen LogP contribution < -0.4 is 10.6 Å². The van der Waals surface area contributed by atoms with E-state index in [0.29, 0.717) is 25.9 Å². The number of rotatable bonds is 6. The number of hydrogen-bond donors (Lipinski definition) is 2. The van der Waals surface area contributed by atoms with Crippen molar-refractivity contribution in [1.29, 1.82) is 0 Å². The lowest BCUT2D eigenvalue weighted by Crippen LogP contribution is -2.27. The summed E-state index contributed by atoms with van der Waals surface area (Å²) in [6.07, 6.45) is 0.506. The van der Waals surface area contributed by atoms with E-state index in [-0.39, 0.29) is 5.91 Å². The van der Waals surface area contributed by atoms with E-state index in [4.69, 9.17) is 0 Å². The Labute approximate surface area is 107 Å². The molecule has 0 radical (unpaired) electrons. The summed E-state index contributed by atoms with van der Waals surface area (Å²) in [5, 5.41) is 5.34. The van der Waals surface area contributed by atoms with E-state index in [9.17, 15) is 9.59 Å². The van der Waals surface area contributed by atoms with E-state index in [0.717, 1.165) is 5.56 Å². The van der Waals surface area contributed by atoms with Crippen LogP contribution >= 0.6 is 0 Å². The van der Waals surface area contributed by atoms with Gasteiger partial charge in [0, 0.05) is 19.5 Å². The number of nitrogens with one attached hydrogen (secondary N) is 2. The van der Waals surface area contributed by atoms with Gasteiger partial charge in [-0.2, -0.15) is 0 Å². The molecule has 0 aliphatic heterocycles. The van der Waals surface area contributed by atoms with Gasteiger partial charge >= 0.3 is 6.09 Å². The molecule has 5 heteroatoms. The zero-order chi connectivity index (χ0) is 13.2. The lowest BCUT2D eigenvalue weighted by atomic mass is 10.2. The van der Waals surface area contributed by atoms with Gasteiger partial charge in [-0.25, -0.2) is 4.79 Å². The summed E-state index contributed by atoms with van der Waals surface area (Å²) in [6, 6.07) is 9.71. The van der Waals surface area contributed by atoms with Gasteiger partial charge in [0.05, 0.1) is 7.11 Å². The molecule has 0 fully saturated rings. The van der Waals surface area contributed by atoms with Crippen LogP contribution in [0.1, 0.15) is 18.4 Å². The van der Waals surface area contributed by atoms with Gasteiger partial charge < -0.3 is 15.4 Å². The molecule has 0 heterocycles. The van der Waals surface area contributed by atoms with Gasteiger partial charge in [0.2, 0.25) is 5.91 Å². The van der Waals surface area contributed by atoms with Gasteiger partial charge in [0.15, 0.2) is 0 Å². The lowest BCUT2D eigenvalue weighted by Gasteiger charge is -2.06. The van der Waals surface area contributed by atoms with Crippen LogP contribution in [-0.4, -0.2) is 25.7 Å². The molecule has 0 unspecified atom stereocenters. The Balaban J connectivity index is 2.09. The highest BCUT2D eigenvalue weighted by atomic mass is 16.5. The molecule has 98 valence electrons. The molecular formula is C13H18N2O3. The summed E-state index contributed by atoms with van der Waals surface area (Å²) in [5.41, 5.74) is 1.07. The number of carbonyl (C=O) groups is 2. The predicted molar refractivity (Wildman–Crippen MR) is 67.9 cm³/mol. The van der Waals surface area contributed by atoms with Crippen LogP contribution in [0.4, 0.5) is 4.79 Å². The fourth-order valence-electron chi connectivity index (χ4n) is 1.40. The third kappa shape index (κ3) is 5.89. The average Bonchev–Trinajstić information content (AvgIpc) is 2.42. The van der Waals surface area contributed by atoms with Crippen LogP contribution in [0.25, 0.3) is 0 Å². The van der Waals surface area contributed by atoms with Crippen LogP contribution in [0.3, 0.4) is 0 Å². The van der Waals surface area contributed by atoms with Crippen molar-refractivity contribution in [3.05, 3.63) is 35.9 Å². The number of benzene rings is 1. The van der Waals surface area contributed by atoms with E-state index in [1.807, 2.05) is 30.3 Å². The fourth-order valence-corrected chi connectivity index (χ4v) is 1.40. The molecule has 1 aromatic rings. The Kier molecular flexibility index (Phi) is 6.32. The largest absolute Gasteiger partial charge is 0.453 e. The first-order valence-corrected chi connectivity index (χ1v) is 5.85. The minimum Gasteiger partial charge on any atom is -0.453 e. The van der Waals surface area contributed by atoms with E-state index in [1.165, 1.54) is 7.11 Å². The van der Waals surface area contributed by atoms with Crippen molar-refractivity contribution in [2.75, 3.05) is 13.7 Å². The summed E-state index contributed by atoms with van der Waals surface area (Å²) < 4.78 is 4.41. The summed E-state index contributed by atoms with van der Waals surface area (Å²) >= 11 is 0. The van der Waals surface area contributed by atoms with Crippen LogP contribution in [0.5, 0.6) is 0 Å². The Bertz CT molecular complexity index is 379. The number of hydrogen-bond acceptors (Lipinski definition) is 3. The van der Waals surface area contributed by atoms with Crippen molar-refractivity contribution in [3.63, 3.8) is 0 Å². The standard InChI is InChI=1S/C13H18N2O3/c1-18-13(17)14-9-5-8-12(16)15-10-11-6-3-2-4-7-11/h2-4,6-7H,5,8-10H2,1H3,(H,14,17)(H,15,16). The van der Waals surface area contributed by atoms with Crippen LogP contribution in [-0.2, 0) is 16.1 Å². The topological polar surface area (TPSA) is 67.4 Å². The first-order valence-electron chi connectivity index (χ1n) is 5.85. The molecule has 0 saturated heterocycles. The first-order chi connectivity index (χ1) is 8.72. The molecule has 0 bridgehead atoms. The van der Waals surface area contributed by atoms with Crippen molar-refractivity contribution in [3.8, 4) is 0 Å². The highest BCUT2D eigenvalue weighted by Crippen LogP contribution is 1.97. The molecule has 0 spiro atoms. The molecule has 0 atom stereocenters. The van der Waals surface area contributed by atoms with Gasteiger partial charge in [-0.15, -0.1) is 0 Å². The van der Waals surface area contributed by atoms with E-state index < -0.39 is 6.09 Å². The van der Waals surface area contributed by atoms with Crippen LogP contribution in [0.15, 0.2) is 30.3 Å². The van der Waals surface area contributed by atoms with Crippen molar-refractivity contribution in [1.82, 2.24) is 10.6 Å². The van der Waals surface area contributed by atoms with Gasteiger partial charge in [-0.1, -0.05) is 30.3 Å². The molecular weight excluding hydrogens is 232 g/mol. The van der Waals surface area contributed by atoms with E-state index >= 15 is 0 Å².